The molecule has 1 unspecified atom stereocenters. The van der Waals surface area contributed by atoms with Crippen LogP contribution in [-0.2, 0) is 16.1 Å². The number of rotatable bonds is 8. The molecule has 0 saturated carbocycles. The van der Waals surface area contributed by atoms with Crippen molar-refractivity contribution in [3.63, 3.8) is 0 Å². The maximum atomic E-state index is 13.1. The molecule has 2 heterocycles. The van der Waals surface area contributed by atoms with Gasteiger partial charge in [0.05, 0.1) is 12.3 Å². The number of amides is 2. The van der Waals surface area contributed by atoms with Crippen molar-refractivity contribution in [2.45, 2.75) is 26.4 Å². The first-order valence-electron chi connectivity index (χ1n) is 11.6. The van der Waals surface area contributed by atoms with Gasteiger partial charge in [-0.1, -0.05) is 12.1 Å². The number of carbonyl (C=O) groups excluding carboxylic acids is 2. The van der Waals surface area contributed by atoms with E-state index in [2.05, 4.69) is 15.6 Å². The van der Waals surface area contributed by atoms with E-state index < -0.39 is 0 Å². The molecule has 10 heteroatoms. The van der Waals surface area contributed by atoms with Gasteiger partial charge in [-0.15, -0.1) is 0 Å². The van der Waals surface area contributed by atoms with E-state index in [4.69, 9.17) is 9.72 Å². The van der Waals surface area contributed by atoms with E-state index in [0.29, 0.717) is 54.1 Å². The Labute approximate surface area is 209 Å². The van der Waals surface area contributed by atoms with Crippen LogP contribution >= 0.6 is 0 Å². The minimum atomic E-state index is -0.360. The monoisotopic (exact) mass is 492 g/mol. The third-order valence-corrected chi connectivity index (χ3v) is 6.14. The molecular formula is C26H29FN6O3. The van der Waals surface area contributed by atoms with Gasteiger partial charge in [-0.05, 0) is 55.8 Å². The number of ether oxygens (including phenoxy) is 1. The molecule has 0 fully saturated rings. The van der Waals surface area contributed by atoms with Crippen LogP contribution < -0.4 is 20.4 Å². The number of fused-ring (bicyclic) bond motifs is 1. The van der Waals surface area contributed by atoms with Crippen molar-refractivity contribution in [2.24, 2.45) is 0 Å². The second-order valence-electron chi connectivity index (χ2n) is 8.59. The summed E-state index contributed by atoms with van der Waals surface area (Å²) in [6.07, 6.45) is 0. The molecule has 188 valence electrons. The van der Waals surface area contributed by atoms with Crippen molar-refractivity contribution < 1.29 is 18.7 Å². The highest BCUT2D eigenvalue weighted by molar-refractivity contribution is 6.05. The second kappa shape index (κ2) is 10.7. The minimum Gasteiger partial charge on any atom is -0.383 e. The van der Waals surface area contributed by atoms with Crippen LogP contribution in [-0.4, -0.2) is 55.1 Å². The van der Waals surface area contributed by atoms with Gasteiger partial charge >= 0.3 is 0 Å². The Kier molecular flexibility index (Phi) is 7.44. The van der Waals surface area contributed by atoms with Crippen LogP contribution in [0.3, 0.4) is 0 Å². The summed E-state index contributed by atoms with van der Waals surface area (Å²) in [5, 5.41) is 5.98. The Balaban J connectivity index is 1.45. The Morgan fingerprint density at radius 2 is 1.81 bits per heavy atom. The number of aromatic nitrogens is 2. The summed E-state index contributed by atoms with van der Waals surface area (Å²) in [7, 11) is 3.45. The van der Waals surface area contributed by atoms with Crippen LogP contribution in [0.2, 0.25) is 0 Å². The zero-order chi connectivity index (χ0) is 25.8. The normalized spacial score (nSPS) is 15.0. The average molecular weight is 493 g/mol. The number of carbonyl (C=O) groups is 2. The molecule has 1 aromatic heterocycles. The van der Waals surface area contributed by atoms with Gasteiger partial charge in [0, 0.05) is 38.5 Å². The van der Waals surface area contributed by atoms with E-state index in [1.165, 1.54) is 24.3 Å². The number of methoxy groups -OCH3 is 1. The van der Waals surface area contributed by atoms with Crippen LogP contribution in [0.15, 0.2) is 48.5 Å². The first-order chi connectivity index (χ1) is 17.3. The first-order valence-corrected chi connectivity index (χ1v) is 11.6. The second-order valence-corrected chi connectivity index (χ2v) is 8.59. The highest BCUT2D eigenvalue weighted by atomic mass is 19.1. The molecular weight excluding hydrogens is 463 g/mol. The van der Waals surface area contributed by atoms with Gasteiger partial charge < -0.3 is 25.2 Å². The summed E-state index contributed by atoms with van der Waals surface area (Å²) in [6.45, 7) is 5.00. The predicted octanol–water partition coefficient (Wildman–Crippen LogP) is 3.61. The van der Waals surface area contributed by atoms with E-state index in [0.717, 1.165) is 5.56 Å². The van der Waals surface area contributed by atoms with Gasteiger partial charge in [0.15, 0.2) is 5.82 Å². The third-order valence-electron chi connectivity index (χ3n) is 6.14. The summed E-state index contributed by atoms with van der Waals surface area (Å²) in [4.78, 5) is 38.1. The number of hydrogen-bond acceptors (Lipinski definition) is 7. The number of nitrogens with zero attached hydrogens (tertiary/aromatic N) is 4. The SMILES string of the molecule is COCCN1C(=O)C(C)N(C)c2nc(NCc3ccc(C(=O)Nc4ccc(F)cc4)cc3)nc(C)c21. The molecule has 1 aliphatic rings. The van der Waals surface area contributed by atoms with Crippen LogP contribution in [0.5, 0.6) is 0 Å². The maximum Gasteiger partial charge on any atom is 0.255 e. The van der Waals surface area contributed by atoms with Gasteiger partial charge in [0.1, 0.15) is 17.5 Å². The molecule has 0 radical (unpaired) electrons. The fourth-order valence-electron chi connectivity index (χ4n) is 3.97. The fraction of sp³-hybridized carbons (Fsp3) is 0.308. The standard InChI is InChI=1S/C26H29FN6O3/c1-16-22-23(32(3)17(2)25(35)33(22)13-14-36-4)31-26(29-16)28-15-18-5-7-19(8-6-18)24(34)30-21-11-9-20(27)10-12-21/h5-12,17H,13-15H2,1-4H3,(H,30,34)(H,28,29,31). The Morgan fingerprint density at radius 1 is 1.11 bits per heavy atom. The highest BCUT2D eigenvalue weighted by Gasteiger charge is 2.36. The molecule has 1 aliphatic heterocycles. The molecule has 0 aliphatic carbocycles. The van der Waals surface area contributed by atoms with Crippen molar-refractivity contribution in [1.82, 2.24) is 9.97 Å². The molecule has 0 bridgehead atoms. The van der Waals surface area contributed by atoms with Crippen molar-refractivity contribution >= 4 is 35.0 Å². The number of nitrogens with one attached hydrogen (secondary N) is 2. The minimum absolute atomic E-state index is 0.0157. The number of halogens is 1. The number of anilines is 4. The van der Waals surface area contributed by atoms with Gasteiger partial charge in [-0.3, -0.25) is 9.59 Å². The van der Waals surface area contributed by atoms with Crippen molar-refractivity contribution in [3.05, 3.63) is 71.2 Å². The van der Waals surface area contributed by atoms with Crippen LogP contribution in [0, 0.1) is 12.7 Å². The third kappa shape index (κ3) is 5.28. The van der Waals surface area contributed by atoms with Crippen molar-refractivity contribution in [1.29, 1.82) is 0 Å². The topological polar surface area (TPSA) is 99.7 Å². The summed E-state index contributed by atoms with van der Waals surface area (Å²) >= 11 is 0. The smallest absolute Gasteiger partial charge is 0.255 e. The Hall–Kier alpha value is -4.05. The summed E-state index contributed by atoms with van der Waals surface area (Å²) < 4.78 is 18.2. The number of hydrogen-bond donors (Lipinski definition) is 2. The lowest BCUT2D eigenvalue weighted by molar-refractivity contribution is -0.120. The molecule has 0 spiro atoms. The largest absolute Gasteiger partial charge is 0.383 e. The highest BCUT2D eigenvalue weighted by Crippen LogP contribution is 2.36. The summed E-state index contributed by atoms with van der Waals surface area (Å²) in [5.41, 5.74) is 3.33. The molecule has 4 rings (SSSR count). The Bertz CT molecular complexity index is 1250. The fourth-order valence-corrected chi connectivity index (χ4v) is 3.97. The summed E-state index contributed by atoms with van der Waals surface area (Å²) in [5.74, 6) is 0.476. The van der Waals surface area contributed by atoms with Crippen LogP contribution in [0.4, 0.5) is 27.5 Å². The van der Waals surface area contributed by atoms with Gasteiger partial charge in [-0.2, -0.15) is 4.98 Å². The summed E-state index contributed by atoms with van der Waals surface area (Å²) in [6, 6.07) is 12.4. The number of aryl methyl sites for hydroxylation is 1. The maximum absolute atomic E-state index is 13.1. The molecule has 2 amide bonds. The Morgan fingerprint density at radius 3 is 2.47 bits per heavy atom. The zero-order valence-electron chi connectivity index (χ0n) is 20.7. The quantitative estimate of drug-likeness (QED) is 0.496. The lowest BCUT2D eigenvalue weighted by Crippen LogP contribution is -2.52. The van der Waals surface area contributed by atoms with E-state index >= 15 is 0 Å². The van der Waals surface area contributed by atoms with Gasteiger partial charge in [0.25, 0.3) is 5.91 Å². The molecule has 0 saturated heterocycles. The van der Waals surface area contributed by atoms with Crippen LogP contribution in [0.25, 0.3) is 0 Å². The van der Waals surface area contributed by atoms with Crippen molar-refractivity contribution in [3.8, 4) is 0 Å². The lowest BCUT2D eigenvalue weighted by Gasteiger charge is -2.39. The molecule has 36 heavy (non-hydrogen) atoms. The first kappa shape index (κ1) is 25.1. The molecule has 1 atom stereocenters. The number of benzene rings is 2. The predicted molar refractivity (Wildman–Crippen MR) is 137 cm³/mol. The van der Waals surface area contributed by atoms with Crippen LogP contribution in [0.1, 0.15) is 28.5 Å². The molecule has 2 N–H and O–H groups in total. The zero-order valence-corrected chi connectivity index (χ0v) is 20.7. The molecule has 9 nitrogen and oxygen atoms in total. The van der Waals surface area contributed by atoms with E-state index in [1.54, 1.807) is 24.1 Å². The average Bonchev–Trinajstić information content (AvgIpc) is 2.88. The van der Waals surface area contributed by atoms with E-state index in [-0.39, 0.29) is 23.7 Å². The van der Waals surface area contributed by atoms with E-state index in [1.807, 2.05) is 37.9 Å². The van der Waals surface area contributed by atoms with Gasteiger partial charge in [0.2, 0.25) is 11.9 Å². The number of likely N-dealkylation sites (N-methyl/N-ethyl adjacent to an activating group) is 1. The van der Waals surface area contributed by atoms with Crippen molar-refractivity contribution in [2.75, 3.05) is 47.7 Å². The van der Waals surface area contributed by atoms with Gasteiger partial charge in [-0.25, -0.2) is 9.37 Å². The molecule has 3 aromatic rings. The molecule has 2 aromatic carbocycles. The van der Waals surface area contributed by atoms with E-state index in [9.17, 15) is 14.0 Å². The lowest BCUT2D eigenvalue weighted by atomic mass is 10.1.